The van der Waals surface area contributed by atoms with Crippen molar-refractivity contribution in [3.8, 4) is 5.75 Å². The van der Waals surface area contributed by atoms with Gasteiger partial charge in [0.2, 0.25) is 0 Å². The van der Waals surface area contributed by atoms with Crippen LogP contribution in [0.25, 0.3) is 0 Å². The zero-order valence-electron chi connectivity index (χ0n) is 17.8. The Bertz CT molecular complexity index is 972. The van der Waals surface area contributed by atoms with Crippen LogP contribution in [0.5, 0.6) is 5.75 Å². The maximum absolute atomic E-state index is 12.3. The van der Waals surface area contributed by atoms with E-state index in [1.807, 2.05) is 36.6 Å². The molecule has 0 fully saturated rings. The molecule has 3 rings (SSSR count). The molecule has 10 heteroatoms. The Labute approximate surface area is 184 Å². The summed E-state index contributed by atoms with van der Waals surface area (Å²) in [6, 6.07) is 10.8. The number of aromatic nitrogens is 3. The van der Waals surface area contributed by atoms with Gasteiger partial charge in [-0.1, -0.05) is 18.2 Å². The quantitative estimate of drug-likeness (QED) is 0.400. The zero-order chi connectivity index (χ0) is 22.2. The highest BCUT2D eigenvalue weighted by atomic mass is 32.1. The normalized spacial score (nSPS) is 11.7. The van der Waals surface area contributed by atoms with Crippen LogP contribution in [0, 0.1) is 6.92 Å². The third-order valence-corrected chi connectivity index (χ3v) is 5.65. The molecule has 2 aromatic heterocycles. The van der Waals surface area contributed by atoms with E-state index in [1.165, 1.54) is 4.88 Å². The molecule has 0 atom stereocenters. The minimum atomic E-state index is -2.83. The number of nitrogens with one attached hydrogen (secondary N) is 1. The fourth-order valence-electron chi connectivity index (χ4n) is 2.92. The number of alkyl halides is 2. The van der Waals surface area contributed by atoms with Crippen LogP contribution in [0.15, 0.2) is 46.8 Å². The molecule has 1 N–H and O–H groups in total. The number of thiophene rings is 1. The van der Waals surface area contributed by atoms with Gasteiger partial charge >= 0.3 is 6.61 Å². The average molecular weight is 449 g/mol. The van der Waals surface area contributed by atoms with E-state index >= 15 is 0 Å². The van der Waals surface area contributed by atoms with Gasteiger partial charge in [-0.25, -0.2) is 4.99 Å². The summed E-state index contributed by atoms with van der Waals surface area (Å²) in [5.41, 5.74) is 0.950. The molecule has 0 amide bonds. The Morgan fingerprint density at radius 1 is 1.26 bits per heavy atom. The Morgan fingerprint density at radius 2 is 2.03 bits per heavy atom. The number of benzene rings is 1. The van der Waals surface area contributed by atoms with E-state index in [9.17, 15) is 8.78 Å². The van der Waals surface area contributed by atoms with Crippen LogP contribution in [-0.4, -0.2) is 45.8 Å². The van der Waals surface area contributed by atoms with E-state index in [0.717, 1.165) is 36.1 Å². The fraction of sp³-hybridized carbons (Fsp3) is 0.381. The van der Waals surface area contributed by atoms with Crippen molar-refractivity contribution >= 4 is 17.3 Å². The number of halogens is 2. The van der Waals surface area contributed by atoms with Crippen LogP contribution in [0.2, 0.25) is 0 Å². The first-order valence-electron chi connectivity index (χ1n) is 9.83. The van der Waals surface area contributed by atoms with Gasteiger partial charge in [0.1, 0.15) is 18.1 Å². The Balaban J connectivity index is 1.67. The zero-order valence-corrected chi connectivity index (χ0v) is 18.6. The van der Waals surface area contributed by atoms with Crippen molar-refractivity contribution in [3.05, 3.63) is 63.9 Å². The summed E-state index contributed by atoms with van der Waals surface area (Å²) in [5.74, 6) is 2.47. The number of hydrogen-bond acceptors (Lipinski definition) is 5. The van der Waals surface area contributed by atoms with Crippen LogP contribution in [0.3, 0.4) is 0 Å². The molecule has 7 nitrogen and oxygen atoms in total. The molecular formula is C21H26F2N6OS. The number of hydrogen-bond donors (Lipinski definition) is 1. The highest BCUT2D eigenvalue weighted by Gasteiger charge is 2.11. The summed E-state index contributed by atoms with van der Waals surface area (Å²) in [7, 11) is 3.85. The topological polar surface area (TPSA) is 67.6 Å². The number of aryl methyl sites for hydroxylation is 1. The number of nitrogens with zero attached hydrogens (tertiary/aromatic N) is 5. The molecule has 0 aliphatic heterocycles. The third kappa shape index (κ3) is 6.74. The minimum Gasteiger partial charge on any atom is -0.435 e. The second-order valence-corrected chi connectivity index (χ2v) is 8.03. The largest absolute Gasteiger partial charge is 0.435 e. The van der Waals surface area contributed by atoms with Crippen LogP contribution in [0.4, 0.5) is 8.78 Å². The van der Waals surface area contributed by atoms with Crippen molar-refractivity contribution in [2.24, 2.45) is 12.0 Å². The monoisotopic (exact) mass is 448 g/mol. The molecule has 0 aliphatic carbocycles. The van der Waals surface area contributed by atoms with Crippen molar-refractivity contribution in [3.63, 3.8) is 0 Å². The Kier molecular flexibility index (Phi) is 7.94. The molecule has 0 spiro atoms. The van der Waals surface area contributed by atoms with Crippen LogP contribution in [-0.2, 0) is 26.6 Å². The molecule has 3 aromatic rings. The first-order valence-corrected chi connectivity index (χ1v) is 10.7. The molecule has 0 saturated heterocycles. The van der Waals surface area contributed by atoms with Gasteiger partial charge in [-0.2, -0.15) is 8.78 Å². The number of rotatable bonds is 9. The van der Waals surface area contributed by atoms with Crippen molar-refractivity contribution < 1.29 is 13.5 Å². The first-order chi connectivity index (χ1) is 14.9. The predicted molar refractivity (Wildman–Crippen MR) is 117 cm³/mol. The van der Waals surface area contributed by atoms with Crippen LogP contribution < -0.4 is 10.1 Å². The highest BCUT2D eigenvalue weighted by Crippen LogP contribution is 2.16. The molecule has 0 aliphatic rings. The second-order valence-electron chi connectivity index (χ2n) is 7.00. The van der Waals surface area contributed by atoms with Gasteiger partial charge < -0.3 is 19.5 Å². The number of aliphatic imine (C=N–C) groups is 1. The lowest BCUT2D eigenvalue weighted by Gasteiger charge is -2.23. The second kappa shape index (κ2) is 10.9. The first kappa shape index (κ1) is 22.7. The van der Waals surface area contributed by atoms with Gasteiger partial charge in [0, 0.05) is 32.1 Å². The summed E-state index contributed by atoms with van der Waals surface area (Å²) >= 11 is 1.73. The summed E-state index contributed by atoms with van der Waals surface area (Å²) in [5, 5.41) is 13.7. The van der Waals surface area contributed by atoms with Gasteiger partial charge in [-0.15, -0.1) is 21.5 Å². The summed E-state index contributed by atoms with van der Waals surface area (Å²) < 4.78 is 31.0. The Hall–Kier alpha value is -3.01. The molecule has 1 aromatic carbocycles. The van der Waals surface area contributed by atoms with Crippen LogP contribution in [0.1, 0.15) is 22.1 Å². The van der Waals surface area contributed by atoms with E-state index in [-0.39, 0.29) is 5.75 Å². The fourth-order valence-corrected chi connectivity index (χ4v) is 3.63. The molecular weight excluding hydrogens is 422 g/mol. The minimum absolute atomic E-state index is 0.141. The van der Waals surface area contributed by atoms with E-state index in [0.29, 0.717) is 13.1 Å². The van der Waals surface area contributed by atoms with Crippen molar-refractivity contribution in [1.82, 2.24) is 25.0 Å². The number of ether oxygens (including phenoxy) is 1. The van der Waals surface area contributed by atoms with E-state index in [2.05, 4.69) is 31.7 Å². The van der Waals surface area contributed by atoms with Gasteiger partial charge in [-0.3, -0.25) is 0 Å². The molecule has 0 unspecified atom stereocenters. The maximum Gasteiger partial charge on any atom is 0.387 e. The van der Waals surface area contributed by atoms with E-state index in [4.69, 9.17) is 4.99 Å². The molecule has 0 radical (unpaired) electrons. The van der Waals surface area contributed by atoms with E-state index < -0.39 is 6.61 Å². The van der Waals surface area contributed by atoms with Gasteiger partial charge in [-0.05, 0) is 42.5 Å². The Morgan fingerprint density at radius 3 is 2.65 bits per heavy atom. The molecule has 166 valence electrons. The van der Waals surface area contributed by atoms with Gasteiger partial charge in [0.25, 0.3) is 0 Å². The molecule has 0 saturated carbocycles. The smallest absolute Gasteiger partial charge is 0.387 e. The predicted octanol–water partition coefficient (Wildman–Crippen LogP) is 3.61. The van der Waals surface area contributed by atoms with Crippen molar-refractivity contribution in [1.29, 1.82) is 0 Å². The number of guanidine groups is 1. The van der Waals surface area contributed by atoms with Gasteiger partial charge in [0.15, 0.2) is 11.8 Å². The van der Waals surface area contributed by atoms with Crippen molar-refractivity contribution in [2.75, 3.05) is 13.6 Å². The maximum atomic E-state index is 12.3. The highest BCUT2D eigenvalue weighted by molar-refractivity contribution is 7.09. The summed E-state index contributed by atoms with van der Waals surface area (Å²) in [6.45, 7) is 0.752. The summed E-state index contributed by atoms with van der Waals surface area (Å²) in [6.07, 6.45) is 0.896. The SMILES string of the molecule is Cc1nnc(CN=C(NCCc2cccs2)N(C)Cc2ccc(OC(F)F)cc2)n1C. The standard InChI is InChI=1S/C21H26F2N6OS/c1-15-26-27-19(29(15)3)13-25-21(24-11-10-18-5-4-12-31-18)28(2)14-16-6-8-17(9-7-16)30-20(22)23/h4-9,12,20H,10-11,13-14H2,1-3H3,(H,24,25). The van der Waals surface area contributed by atoms with Gasteiger partial charge in [0.05, 0.1) is 0 Å². The molecule has 31 heavy (non-hydrogen) atoms. The molecule has 0 bridgehead atoms. The summed E-state index contributed by atoms with van der Waals surface area (Å²) in [4.78, 5) is 8.01. The lowest BCUT2D eigenvalue weighted by atomic mass is 10.2. The van der Waals surface area contributed by atoms with Crippen LogP contribution >= 0.6 is 11.3 Å². The van der Waals surface area contributed by atoms with E-state index in [1.54, 1.807) is 35.6 Å². The van der Waals surface area contributed by atoms with Crippen molar-refractivity contribution in [2.45, 2.75) is 33.0 Å². The third-order valence-electron chi connectivity index (χ3n) is 4.72. The lowest BCUT2D eigenvalue weighted by molar-refractivity contribution is -0.0498. The average Bonchev–Trinajstić information content (AvgIpc) is 3.36. The molecule has 2 heterocycles. The lowest BCUT2D eigenvalue weighted by Crippen LogP contribution is -2.39.